The number of anilines is 1. The second-order valence-corrected chi connectivity index (χ2v) is 8.66. The van der Waals surface area contributed by atoms with Crippen LogP contribution in [-0.4, -0.2) is 61.8 Å². The molecule has 0 bridgehead atoms. The Bertz CT molecular complexity index is 1130. The molecule has 1 aromatic carbocycles. The van der Waals surface area contributed by atoms with E-state index in [9.17, 15) is 9.59 Å². The van der Waals surface area contributed by atoms with Crippen LogP contribution >= 0.6 is 0 Å². The first kappa shape index (κ1) is 21.8. The zero-order valence-electron chi connectivity index (χ0n) is 18.2. The Morgan fingerprint density at radius 2 is 1.88 bits per heavy atom. The molecule has 168 valence electrons. The van der Waals surface area contributed by atoms with Crippen LogP contribution in [0.1, 0.15) is 37.0 Å². The summed E-state index contributed by atoms with van der Waals surface area (Å²) in [5.41, 5.74) is 8.56. The van der Waals surface area contributed by atoms with Gasteiger partial charge in [-0.15, -0.1) is 5.10 Å². The zero-order valence-corrected chi connectivity index (χ0v) is 18.2. The van der Waals surface area contributed by atoms with E-state index in [1.165, 1.54) is 0 Å². The quantitative estimate of drug-likeness (QED) is 0.646. The van der Waals surface area contributed by atoms with Crippen molar-refractivity contribution < 1.29 is 19.4 Å². The van der Waals surface area contributed by atoms with Crippen molar-refractivity contribution in [1.82, 2.24) is 19.5 Å². The molecule has 3 N–H and O–H groups in total. The number of hydrogen-bond acceptors (Lipinski definition) is 6. The van der Waals surface area contributed by atoms with Gasteiger partial charge in [-0.25, -0.2) is 4.52 Å². The third kappa shape index (κ3) is 4.57. The van der Waals surface area contributed by atoms with Crippen molar-refractivity contribution in [2.24, 2.45) is 5.92 Å². The maximum absolute atomic E-state index is 12.9. The van der Waals surface area contributed by atoms with Gasteiger partial charge in [-0.2, -0.15) is 4.98 Å². The average Bonchev–Trinajstić information content (AvgIpc) is 3.55. The summed E-state index contributed by atoms with van der Waals surface area (Å²) in [4.78, 5) is 28.7. The van der Waals surface area contributed by atoms with Crippen molar-refractivity contribution in [2.75, 3.05) is 25.5 Å². The molecule has 0 spiro atoms. The molecule has 3 aromatic rings. The fourth-order valence-corrected chi connectivity index (χ4v) is 3.64. The fourth-order valence-electron chi connectivity index (χ4n) is 3.64. The number of carboxylic acid groups (broad SMARTS) is 1. The minimum atomic E-state index is -0.630. The lowest BCUT2D eigenvalue weighted by atomic mass is 10.00. The normalized spacial score (nSPS) is 17.5. The first-order valence-corrected chi connectivity index (χ1v) is 10.6. The molecule has 1 saturated heterocycles. The number of aromatic nitrogens is 3. The van der Waals surface area contributed by atoms with Crippen LogP contribution in [0.2, 0.25) is 0 Å². The number of benzene rings is 1. The van der Waals surface area contributed by atoms with E-state index >= 15 is 0 Å². The van der Waals surface area contributed by atoms with Crippen LogP contribution in [0.15, 0.2) is 42.5 Å². The average molecular weight is 438 g/mol. The number of hydrogen-bond donors (Lipinski definition) is 2. The fraction of sp³-hybridized carbons (Fsp3) is 0.391. The summed E-state index contributed by atoms with van der Waals surface area (Å²) in [5, 5.41) is 12.3. The molecule has 0 atom stereocenters. The molecule has 5 rings (SSSR count). The minimum absolute atomic E-state index is 0.0185. The number of fused-ring (bicyclic) bond motifs is 1. The molecule has 2 fully saturated rings. The molecule has 1 saturated carbocycles. The summed E-state index contributed by atoms with van der Waals surface area (Å²) >= 11 is 0. The molecule has 2 aromatic heterocycles. The monoisotopic (exact) mass is 437 g/mol. The highest BCUT2D eigenvalue weighted by Gasteiger charge is 2.34. The predicted octanol–water partition coefficient (Wildman–Crippen LogP) is 2.71. The van der Waals surface area contributed by atoms with E-state index < -0.39 is 5.97 Å². The van der Waals surface area contributed by atoms with Crippen molar-refractivity contribution in [2.45, 2.75) is 32.2 Å². The second kappa shape index (κ2) is 8.58. The Hall–Kier alpha value is -3.46. The predicted molar refractivity (Wildman–Crippen MR) is 119 cm³/mol. The number of morpholine rings is 1. The van der Waals surface area contributed by atoms with E-state index in [0.717, 1.165) is 24.1 Å². The number of rotatable bonds is 3. The standard InChI is InChI=1S/C19H21N5O2.C4H6O2/c1-19(2)12-26-11-10-23(19)17(25)14-8-6-13(7-9-14)15-4-3-5-16-21-18(20)22-24(15)16;5-4(6)3-1-2-3/h3-9H,10-12H2,1-2H3,(H2,20,22);3H,1-2H2,(H,5,6). The van der Waals surface area contributed by atoms with Crippen LogP contribution in [0, 0.1) is 5.92 Å². The van der Waals surface area contributed by atoms with Crippen molar-refractivity contribution in [3.8, 4) is 11.3 Å². The number of ether oxygens (including phenoxy) is 1. The number of carboxylic acids is 1. The third-order valence-electron chi connectivity index (χ3n) is 5.62. The van der Waals surface area contributed by atoms with Crippen molar-refractivity contribution >= 4 is 23.5 Å². The van der Waals surface area contributed by atoms with Gasteiger partial charge in [0.15, 0.2) is 5.65 Å². The number of pyridine rings is 1. The van der Waals surface area contributed by atoms with E-state index in [1.807, 2.05) is 61.2 Å². The van der Waals surface area contributed by atoms with Gasteiger partial charge < -0.3 is 20.5 Å². The Labute approximate surface area is 185 Å². The lowest BCUT2D eigenvalue weighted by Crippen LogP contribution is -2.55. The second-order valence-electron chi connectivity index (χ2n) is 8.66. The van der Waals surface area contributed by atoms with E-state index in [-0.39, 0.29) is 23.3 Å². The van der Waals surface area contributed by atoms with Gasteiger partial charge in [-0.1, -0.05) is 18.2 Å². The van der Waals surface area contributed by atoms with Gasteiger partial charge in [0.05, 0.1) is 30.4 Å². The van der Waals surface area contributed by atoms with Crippen LogP contribution < -0.4 is 5.73 Å². The summed E-state index contributed by atoms with van der Waals surface area (Å²) in [7, 11) is 0. The maximum Gasteiger partial charge on any atom is 0.306 e. The number of nitrogens with two attached hydrogens (primary N) is 1. The Kier molecular flexibility index (Phi) is 5.84. The van der Waals surface area contributed by atoms with Crippen molar-refractivity contribution in [1.29, 1.82) is 0 Å². The van der Waals surface area contributed by atoms with Crippen molar-refractivity contribution in [3.05, 3.63) is 48.0 Å². The summed E-state index contributed by atoms with van der Waals surface area (Å²) in [6.07, 6.45) is 1.80. The molecule has 0 radical (unpaired) electrons. The van der Waals surface area contributed by atoms with Crippen LogP contribution in [-0.2, 0) is 9.53 Å². The highest BCUT2D eigenvalue weighted by molar-refractivity contribution is 5.95. The number of carbonyl (C=O) groups is 2. The van der Waals surface area contributed by atoms with E-state index in [4.69, 9.17) is 15.6 Å². The molecule has 9 nitrogen and oxygen atoms in total. The minimum Gasteiger partial charge on any atom is -0.481 e. The van der Waals surface area contributed by atoms with Crippen LogP contribution in [0.4, 0.5) is 5.95 Å². The van der Waals surface area contributed by atoms with E-state index in [0.29, 0.717) is 31.0 Å². The summed E-state index contributed by atoms with van der Waals surface area (Å²) in [5.74, 6) is -0.355. The first-order chi connectivity index (χ1) is 15.3. The molecule has 2 aliphatic rings. The number of nitrogens with zero attached hydrogens (tertiary/aromatic N) is 4. The van der Waals surface area contributed by atoms with Gasteiger partial charge in [0.25, 0.3) is 5.91 Å². The van der Waals surface area contributed by atoms with Gasteiger partial charge in [0.2, 0.25) is 5.95 Å². The maximum atomic E-state index is 12.9. The topological polar surface area (TPSA) is 123 Å². The number of carbonyl (C=O) groups excluding carboxylic acids is 1. The molecular weight excluding hydrogens is 410 g/mol. The number of amides is 1. The summed E-state index contributed by atoms with van der Waals surface area (Å²) in [6, 6.07) is 13.3. The molecular formula is C23H27N5O4. The SMILES string of the molecule is CC1(C)COCCN1C(=O)c1ccc(-c2cccc3nc(N)nn23)cc1.O=C(O)C1CC1. The zero-order chi connectivity index (χ0) is 22.9. The summed E-state index contributed by atoms with van der Waals surface area (Å²) < 4.78 is 7.21. The van der Waals surface area contributed by atoms with Gasteiger partial charge in [0.1, 0.15) is 0 Å². The largest absolute Gasteiger partial charge is 0.481 e. The molecule has 1 aliphatic heterocycles. The van der Waals surface area contributed by atoms with Crippen LogP contribution in [0.25, 0.3) is 16.9 Å². The number of nitrogen functional groups attached to an aromatic ring is 1. The highest BCUT2D eigenvalue weighted by Crippen LogP contribution is 2.28. The van der Waals surface area contributed by atoms with Gasteiger partial charge in [-0.3, -0.25) is 9.59 Å². The number of aliphatic carboxylic acids is 1. The Morgan fingerprint density at radius 3 is 2.47 bits per heavy atom. The van der Waals surface area contributed by atoms with E-state index in [1.54, 1.807) is 4.52 Å². The van der Waals surface area contributed by atoms with Gasteiger partial charge >= 0.3 is 5.97 Å². The lowest BCUT2D eigenvalue weighted by molar-refractivity contribution is -0.138. The lowest BCUT2D eigenvalue weighted by Gasteiger charge is -2.42. The smallest absolute Gasteiger partial charge is 0.306 e. The molecule has 0 unspecified atom stereocenters. The highest BCUT2D eigenvalue weighted by atomic mass is 16.5. The molecule has 32 heavy (non-hydrogen) atoms. The molecule has 3 heterocycles. The van der Waals surface area contributed by atoms with Crippen LogP contribution in [0.3, 0.4) is 0 Å². The van der Waals surface area contributed by atoms with Gasteiger partial charge in [0, 0.05) is 17.7 Å². The molecule has 1 aliphatic carbocycles. The molecule has 9 heteroatoms. The van der Waals surface area contributed by atoms with Crippen LogP contribution in [0.5, 0.6) is 0 Å². The Morgan fingerprint density at radius 1 is 1.16 bits per heavy atom. The first-order valence-electron chi connectivity index (χ1n) is 10.6. The van der Waals surface area contributed by atoms with Crippen molar-refractivity contribution in [3.63, 3.8) is 0 Å². The van der Waals surface area contributed by atoms with E-state index in [2.05, 4.69) is 10.1 Å². The third-order valence-corrected chi connectivity index (χ3v) is 5.62. The Balaban J connectivity index is 0.000000354. The molecule has 1 amide bonds. The van der Waals surface area contributed by atoms with Gasteiger partial charge in [-0.05, 0) is 51.0 Å². The summed E-state index contributed by atoms with van der Waals surface area (Å²) in [6.45, 7) is 5.77.